The van der Waals surface area contributed by atoms with Crippen molar-refractivity contribution in [2.75, 3.05) is 4.90 Å². The Balaban J connectivity index is 0.963. The zero-order chi connectivity index (χ0) is 52.8. The summed E-state index contributed by atoms with van der Waals surface area (Å²) in [5, 5.41) is 2.57. The van der Waals surface area contributed by atoms with Gasteiger partial charge in [-0.2, -0.15) is 0 Å². The Hall–Kier alpha value is -10.1. The summed E-state index contributed by atoms with van der Waals surface area (Å²) in [7, 11) is 0. The summed E-state index contributed by atoms with van der Waals surface area (Å²) in [4.78, 5) is 2.60. The van der Waals surface area contributed by atoms with Crippen LogP contribution in [-0.4, -0.2) is 0 Å². The quantitative estimate of drug-likeness (QED) is 0.139. The van der Waals surface area contributed by atoms with Gasteiger partial charge in [0.2, 0.25) is 0 Å². The second kappa shape index (κ2) is 18.3. The number of anilines is 2. The third-order valence-corrected chi connectivity index (χ3v) is 17.9. The normalized spacial score (nSPS) is 14.7. The minimum Gasteiger partial charge on any atom is -0.337 e. The highest BCUT2D eigenvalue weighted by atomic mass is 15.1. The zero-order valence-electron chi connectivity index (χ0n) is 44.1. The van der Waals surface area contributed by atoms with Crippen LogP contribution in [0.15, 0.2) is 309 Å². The monoisotopic (exact) mass is 1020 g/mol. The molecule has 13 aromatic rings. The Bertz CT molecular complexity index is 4500. The first kappa shape index (κ1) is 46.1. The molecule has 16 rings (SSSR count). The van der Waals surface area contributed by atoms with Gasteiger partial charge in [-0.1, -0.05) is 285 Å². The van der Waals surface area contributed by atoms with Crippen LogP contribution in [0.1, 0.15) is 50.1 Å². The second-order valence-electron chi connectivity index (χ2n) is 21.7. The van der Waals surface area contributed by atoms with E-state index in [1.54, 1.807) is 0 Å². The summed E-state index contributed by atoms with van der Waals surface area (Å²) >= 11 is 0. The molecular formula is C79H53N. The number of rotatable bonds is 9. The van der Waals surface area contributed by atoms with Crippen molar-refractivity contribution in [3.05, 3.63) is 359 Å². The van der Waals surface area contributed by atoms with Crippen molar-refractivity contribution in [1.29, 1.82) is 0 Å². The largest absolute Gasteiger partial charge is 0.337 e. The Morgan fingerprint density at radius 1 is 0.250 bits per heavy atom. The molecule has 0 aromatic heterocycles. The van der Waals surface area contributed by atoms with Gasteiger partial charge in [-0.05, 0) is 152 Å². The predicted molar refractivity (Wildman–Crippen MR) is 333 cm³/mol. The maximum Gasteiger partial charge on any atom is 0.0732 e. The van der Waals surface area contributed by atoms with Crippen LogP contribution >= 0.6 is 0 Å². The average Bonchev–Trinajstić information content (AvgIpc) is 4.11. The van der Waals surface area contributed by atoms with Gasteiger partial charge in [0.25, 0.3) is 0 Å². The van der Waals surface area contributed by atoms with E-state index < -0.39 is 10.8 Å². The van der Waals surface area contributed by atoms with E-state index in [-0.39, 0.29) is 0 Å². The van der Waals surface area contributed by atoms with Crippen LogP contribution in [0.5, 0.6) is 0 Å². The van der Waals surface area contributed by atoms with E-state index >= 15 is 0 Å². The van der Waals surface area contributed by atoms with E-state index in [2.05, 4.69) is 314 Å². The highest BCUT2D eigenvalue weighted by Crippen LogP contribution is 2.64. The molecule has 1 atom stereocenters. The van der Waals surface area contributed by atoms with Gasteiger partial charge in [0, 0.05) is 17.9 Å². The molecule has 0 N–H and O–H groups in total. The maximum absolute atomic E-state index is 2.60. The lowest BCUT2D eigenvalue weighted by molar-refractivity contribution is 0.750. The molecule has 13 aromatic carbocycles. The van der Waals surface area contributed by atoms with Gasteiger partial charge < -0.3 is 4.90 Å². The van der Waals surface area contributed by atoms with Crippen LogP contribution in [0.3, 0.4) is 0 Å². The topological polar surface area (TPSA) is 3.24 Å². The first-order chi connectivity index (χ1) is 39.7. The molecule has 0 saturated carbocycles. The summed E-state index contributed by atoms with van der Waals surface area (Å²) in [6.45, 7) is 0.613. The molecule has 3 aliphatic rings. The molecule has 0 radical (unpaired) electrons. The molecular weight excluding hydrogens is 963 g/mol. The minimum absolute atomic E-state index is 0.572. The SMILES string of the molecule is c1ccc(-c2ccccc2-c2ccc(N(Cc3cccc4c3C(c3ccccc3)(c3ccccc3)c3ccccc3-4)c3ccc4c(c3)C3(c5ccccc5-4)c4ccccc4-c4cccc5ccc(-c6ccccc6)c3c45)cc2)cc1. The fraction of sp³-hybridized carbons (Fsp3) is 0.0380. The number of hydrogen-bond acceptors (Lipinski definition) is 1. The summed E-state index contributed by atoms with van der Waals surface area (Å²) in [5.41, 5.74) is 27.7. The fourth-order valence-corrected chi connectivity index (χ4v) is 14.7. The second-order valence-corrected chi connectivity index (χ2v) is 21.7. The van der Waals surface area contributed by atoms with E-state index in [0.717, 1.165) is 11.4 Å². The van der Waals surface area contributed by atoms with Crippen LogP contribution in [0.25, 0.3) is 77.5 Å². The number of hydrogen-bond donors (Lipinski definition) is 0. The molecule has 0 saturated heterocycles. The lowest BCUT2D eigenvalue weighted by Crippen LogP contribution is -2.33. The summed E-state index contributed by atoms with van der Waals surface area (Å²) in [6, 6.07) is 116. The lowest BCUT2D eigenvalue weighted by atomic mass is 9.60. The van der Waals surface area contributed by atoms with Gasteiger partial charge in [-0.15, -0.1) is 0 Å². The summed E-state index contributed by atoms with van der Waals surface area (Å²) in [5.74, 6) is 0. The molecule has 1 nitrogen and oxygen atoms in total. The van der Waals surface area contributed by atoms with Crippen molar-refractivity contribution >= 4 is 22.1 Å². The molecule has 1 unspecified atom stereocenters. The van der Waals surface area contributed by atoms with Gasteiger partial charge >= 0.3 is 0 Å². The van der Waals surface area contributed by atoms with Crippen LogP contribution < -0.4 is 4.90 Å². The van der Waals surface area contributed by atoms with Crippen LogP contribution in [0.4, 0.5) is 11.4 Å². The molecule has 80 heavy (non-hydrogen) atoms. The highest BCUT2D eigenvalue weighted by molar-refractivity contribution is 6.10. The third kappa shape index (κ3) is 6.65. The molecule has 3 aliphatic carbocycles. The van der Waals surface area contributed by atoms with Crippen molar-refractivity contribution in [2.24, 2.45) is 0 Å². The minimum atomic E-state index is -0.653. The van der Waals surface area contributed by atoms with Crippen LogP contribution in [0, 0.1) is 0 Å². The number of benzene rings is 13. The molecule has 0 amide bonds. The van der Waals surface area contributed by atoms with Crippen molar-refractivity contribution in [3.8, 4) is 66.8 Å². The lowest BCUT2D eigenvalue weighted by Gasteiger charge is -2.42. The predicted octanol–water partition coefficient (Wildman–Crippen LogP) is 19.9. The van der Waals surface area contributed by atoms with Gasteiger partial charge in [0.15, 0.2) is 0 Å². The fourth-order valence-electron chi connectivity index (χ4n) is 14.7. The number of fused-ring (bicyclic) bond motifs is 12. The Labute approximate surface area is 468 Å². The zero-order valence-corrected chi connectivity index (χ0v) is 44.1. The molecule has 374 valence electrons. The van der Waals surface area contributed by atoms with Crippen molar-refractivity contribution in [2.45, 2.75) is 17.4 Å². The van der Waals surface area contributed by atoms with Gasteiger partial charge in [-0.3, -0.25) is 0 Å². The van der Waals surface area contributed by atoms with Gasteiger partial charge in [0.05, 0.1) is 10.8 Å². The van der Waals surface area contributed by atoms with Crippen molar-refractivity contribution in [3.63, 3.8) is 0 Å². The van der Waals surface area contributed by atoms with E-state index in [1.807, 2.05) is 0 Å². The standard InChI is InChI=1S/C79H53N/c1-5-23-53(24-6-1)62-33-13-14-34-63(62)55-43-46-60(47-44-55)80(52-57-28-22-39-70-67-37-17-18-40-71(67)78(76(57)70,58-29-9-3-10-30-58)59-31-11-4-12-32-59)61-48-50-68-65-35-15-19-41-72(65)79(74(68)51-61)73-42-20-16-36-66(73)69-38-21-27-56-45-49-64(77(79)75(56)69)54-25-7-2-8-26-54/h1-51H,52H2. The Kier molecular flexibility index (Phi) is 10.5. The first-order valence-electron chi connectivity index (χ1n) is 28.0. The van der Waals surface area contributed by atoms with E-state index in [9.17, 15) is 0 Å². The Morgan fingerprint density at radius 3 is 1.29 bits per heavy atom. The van der Waals surface area contributed by atoms with Gasteiger partial charge in [0.1, 0.15) is 0 Å². The van der Waals surface area contributed by atoms with Crippen molar-refractivity contribution in [1.82, 2.24) is 0 Å². The maximum atomic E-state index is 2.60. The van der Waals surface area contributed by atoms with Gasteiger partial charge in [-0.25, -0.2) is 0 Å². The summed E-state index contributed by atoms with van der Waals surface area (Å²) < 4.78 is 0. The third-order valence-electron chi connectivity index (χ3n) is 17.9. The highest BCUT2D eigenvalue weighted by Gasteiger charge is 2.52. The van der Waals surface area contributed by atoms with E-state index in [0.29, 0.717) is 6.54 Å². The average molecular weight is 1020 g/mol. The van der Waals surface area contributed by atoms with E-state index in [1.165, 1.54) is 128 Å². The smallest absolute Gasteiger partial charge is 0.0732 e. The molecule has 0 fully saturated rings. The van der Waals surface area contributed by atoms with Crippen LogP contribution in [-0.2, 0) is 17.4 Å². The van der Waals surface area contributed by atoms with Crippen LogP contribution in [0.2, 0.25) is 0 Å². The van der Waals surface area contributed by atoms with Crippen molar-refractivity contribution < 1.29 is 0 Å². The molecule has 0 aliphatic heterocycles. The summed E-state index contributed by atoms with van der Waals surface area (Å²) in [6.07, 6.45) is 0. The molecule has 0 bridgehead atoms. The molecule has 0 heterocycles. The molecule has 1 heteroatoms. The number of nitrogens with zero attached hydrogens (tertiary/aromatic N) is 1. The Morgan fingerprint density at radius 2 is 0.675 bits per heavy atom. The van der Waals surface area contributed by atoms with E-state index in [4.69, 9.17) is 0 Å². The first-order valence-corrected chi connectivity index (χ1v) is 28.0. The molecule has 1 spiro atoms.